The molecule has 0 N–H and O–H groups in total. The Kier molecular flexibility index (Phi) is 4.43. The summed E-state index contributed by atoms with van der Waals surface area (Å²) in [4.78, 5) is 11.7. The van der Waals surface area contributed by atoms with E-state index in [0.717, 1.165) is 6.26 Å². The van der Waals surface area contributed by atoms with Gasteiger partial charge in [0.1, 0.15) is 11.1 Å². The molecule has 0 heterocycles. The topological polar surface area (TPSA) is 51.2 Å². The van der Waals surface area contributed by atoms with Gasteiger partial charge in [-0.1, -0.05) is 22.0 Å². The molecule has 0 fully saturated rings. The zero-order valence-electron chi connectivity index (χ0n) is 9.41. The molecule has 17 heavy (non-hydrogen) atoms. The number of benzene rings is 1. The standard InChI is InChI=1S/C11H12BrFO3S/c1-7(17(2,15)16)11(14)5-8-3-4-9(13)6-10(8)12/h3-4,6-7H,5H2,1-2H3. The van der Waals surface area contributed by atoms with Gasteiger partial charge in [0.05, 0.1) is 0 Å². The molecule has 0 aliphatic heterocycles. The number of carbonyl (C=O) groups excluding carboxylic acids is 1. The van der Waals surface area contributed by atoms with Crippen molar-refractivity contribution in [1.82, 2.24) is 0 Å². The second-order valence-corrected chi connectivity index (χ2v) is 7.07. The van der Waals surface area contributed by atoms with Crippen molar-refractivity contribution in [3.63, 3.8) is 0 Å². The molecule has 1 aromatic carbocycles. The molecule has 1 atom stereocenters. The number of rotatable bonds is 4. The normalized spacial score (nSPS) is 13.4. The van der Waals surface area contributed by atoms with Crippen LogP contribution in [-0.4, -0.2) is 25.7 Å². The highest BCUT2D eigenvalue weighted by Crippen LogP contribution is 2.19. The van der Waals surface area contributed by atoms with Crippen LogP contribution in [-0.2, 0) is 21.1 Å². The van der Waals surface area contributed by atoms with Crippen molar-refractivity contribution in [2.75, 3.05) is 6.26 Å². The number of hydrogen-bond donors (Lipinski definition) is 0. The SMILES string of the molecule is CC(C(=O)Cc1ccc(F)cc1Br)S(C)(=O)=O. The number of hydrogen-bond acceptors (Lipinski definition) is 3. The van der Waals surface area contributed by atoms with E-state index in [2.05, 4.69) is 15.9 Å². The first-order valence-electron chi connectivity index (χ1n) is 4.87. The summed E-state index contributed by atoms with van der Waals surface area (Å²) < 4.78 is 35.7. The summed E-state index contributed by atoms with van der Waals surface area (Å²) in [6.45, 7) is 1.36. The maximum Gasteiger partial charge on any atom is 0.157 e. The molecule has 6 heteroatoms. The Hall–Kier alpha value is -0.750. The van der Waals surface area contributed by atoms with Crippen LogP contribution < -0.4 is 0 Å². The zero-order chi connectivity index (χ0) is 13.2. The third-order valence-electron chi connectivity index (χ3n) is 2.48. The lowest BCUT2D eigenvalue weighted by atomic mass is 10.1. The molecular formula is C11H12BrFO3S. The lowest BCUT2D eigenvalue weighted by Gasteiger charge is -2.09. The lowest BCUT2D eigenvalue weighted by molar-refractivity contribution is -0.117. The lowest BCUT2D eigenvalue weighted by Crippen LogP contribution is -2.27. The number of sulfone groups is 1. The summed E-state index contributed by atoms with van der Waals surface area (Å²) in [6.07, 6.45) is 0.990. The summed E-state index contributed by atoms with van der Waals surface area (Å²) >= 11 is 3.13. The van der Waals surface area contributed by atoms with E-state index in [-0.39, 0.29) is 6.42 Å². The van der Waals surface area contributed by atoms with Crippen LogP contribution in [0.2, 0.25) is 0 Å². The van der Waals surface area contributed by atoms with Gasteiger partial charge >= 0.3 is 0 Å². The molecule has 1 unspecified atom stereocenters. The highest BCUT2D eigenvalue weighted by molar-refractivity contribution is 9.10. The van der Waals surface area contributed by atoms with Crippen LogP contribution >= 0.6 is 15.9 Å². The maximum atomic E-state index is 12.8. The highest BCUT2D eigenvalue weighted by atomic mass is 79.9. The third-order valence-corrected chi connectivity index (χ3v) is 4.76. The van der Waals surface area contributed by atoms with Gasteiger partial charge in [-0.05, 0) is 24.6 Å². The average Bonchev–Trinajstić information content (AvgIpc) is 2.19. The molecule has 0 aliphatic rings. The number of halogens is 2. The Balaban J connectivity index is 2.89. The zero-order valence-corrected chi connectivity index (χ0v) is 11.8. The number of Topliss-reactive ketones (excluding diaryl/α,β-unsaturated/α-hetero) is 1. The van der Waals surface area contributed by atoms with Crippen LogP contribution in [0.1, 0.15) is 12.5 Å². The van der Waals surface area contributed by atoms with Crippen molar-refractivity contribution < 1.29 is 17.6 Å². The summed E-state index contributed by atoms with van der Waals surface area (Å²) in [5.74, 6) is -0.816. The highest BCUT2D eigenvalue weighted by Gasteiger charge is 2.23. The molecule has 0 radical (unpaired) electrons. The van der Waals surface area contributed by atoms with Crippen LogP contribution in [0.15, 0.2) is 22.7 Å². The molecule has 3 nitrogen and oxygen atoms in total. The summed E-state index contributed by atoms with van der Waals surface area (Å²) in [7, 11) is -3.38. The fourth-order valence-electron chi connectivity index (χ4n) is 1.24. The Bertz CT molecular complexity index is 540. The van der Waals surface area contributed by atoms with Crippen molar-refractivity contribution in [2.24, 2.45) is 0 Å². The van der Waals surface area contributed by atoms with E-state index in [1.54, 1.807) is 0 Å². The van der Waals surface area contributed by atoms with Crippen LogP contribution in [0.5, 0.6) is 0 Å². The molecule has 0 saturated heterocycles. The van der Waals surface area contributed by atoms with Gasteiger partial charge in [-0.2, -0.15) is 0 Å². The predicted molar refractivity (Wildman–Crippen MR) is 67.1 cm³/mol. The van der Waals surface area contributed by atoms with Crippen molar-refractivity contribution in [2.45, 2.75) is 18.6 Å². The fraction of sp³-hybridized carbons (Fsp3) is 0.364. The second-order valence-electron chi connectivity index (χ2n) is 3.85. The summed E-state index contributed by atoms with van der Waals surface area (Å²) in [5, 5.41) is -1.04. The van der Waals surface area contributed by atoms with Gasteiger partial charge < -0.3 is 0 Å². The van der Waals surface area contributed by atoms with E-state index in [0.29, 0.717) is 10.0 Å². The van der Waals surface area contributed by atoms with Crippen molar-refractivity contribution in [3.05, 3.63) is 34.1 Å². The Labute approximate surface area is 108 Å². The predicted octanol–water partition coefficient (Wildman–Crippen LogP) is 2.13. The monoisotopic (exact) mass is 322 g/mol. The molecule has 1 rings (SSSR count). The fourth-order valence-corrected chi connectivity index (χ4v) is 2.29. The van der Waals surface area contributed by atoms with E-state index in [1.807, 2.05) is 0 Å². The van der Waals surface area contributed by atoms with Crippen LogP contribution in [0.3, 0.4) is 0 Å². The Morgan fingerprint density at radius 2 is 2.06 bits per heavy atom. The largest absolute Gasteiger partial charge is 0.298 e. The molecule has 0 bridgehead atoms. The van der Waals surface area contributed by atoms with Crippen molar-refractivity contribution in [1.29, 1.82) is 0 Å². The quantitative estimate of drug-likeness (QED) is 0.853. The minimum Gasteiger partial charge on any atom is -0.298 e. The average molecular weight is 323 g/mol. The van der Waals surface area contributed by atoms with Crippen LogP contribution in [0.4, 0.5) is 4.39 Å². The first-order valence-corrected chi connectivity index (χ1v) is 7.62. The molecule has 0 aromatic heterocycles. The van der Waals surface area contributed by atoms with Gasteiger partial charge in [0, 0.05) is 17.1 Å². The minimum atomic E-state index is -3.38. The Morgan fingerprint density at radius 3 is 2.53 bits per heavy atom. The summed E-state index contributed by atoms with van der Waals surface area (Å²) in [6, 6.07) is 3.94. The molecule has 0 saturated carbocycles. The first-order chi connectivity index (χ1) is 7.71. The smallest absolute Gasteiger partial charge is 0.157 e. The van der Waals surface area contributed by atoms with Gasteiger partial charge in [0.25, 0.3) is 0 Å². The minimum absolute atomic E-state index is 0.0326. The van der Waals surface area contributed by atoms with E-state index in [1.165, 1.54) is 25.1 Å². The molecule has 94 valence electrons. The van der Waals surface area contributed by atoms with Gasteiger partial charge in [-0.3, -0.25) is 4.79 Å². The van der Waals surface area contributed by atoms with Gasteiger partial charge in [-0.25, -0.2) is 12.8 Å². The maximum absolute atomic E-state index is 12.8. The van der Waals surface area contributed by atoms with Gasteiger partial charge in [-0.15, -0.1) is 0 Å². The molecule has 0 amide bonds. The van der Waals surface area contributed by atoms with E-state index < -0.39 is 26.7 Å². The number of carbonyl (C=O) groups is 1. The van der Waals surface area contributed by atoms with Crippen molar-refractivity contribution >= 4 is 31.6 Å². The third kappa shape index (κ3) is 3.89. The second kappa shape index (κ2) is 5.27. The van der Waals surface area contributed by atoms with Gasteiger partial charge in [0.15, 0.2) is 15.6 Å². The van der Waals surface area contributed by atoms with E-state index in [4.69, 9.17) is 0 Å². The molecule has 0 aliphatic carbocycles. The molecule has 1 aromatic rings. The van der Waals surface area contributed by atoms with Gasteiger partial charge in [0.2, 0.25) is 0 Å². The molecular weight excluding hydrogens is 311 g/mol. The van der Waals surface area contributed by atoms with E-state index >= 15 is 0 Å². The van der Waals surface area contributed by atoms with Crippen LogP contribution in [0, 0.1) is 5.82 Å². The Morgan fingerprint density at radius 1 is 1.47 bits per heavy atom. The molecule has 0 spiro atoms. The first kappa shape index (κ1) is 14.3. The van der Waals surface area contributed by atoms with Crippen LogP contribution in [0.25, 0.3) is 0 Å². The summed E-state index contributed by atoms with van der Waals surface area (Å²) in [5.41, 5.74) is 0.576. The van der Waals surface area contributed by atoms with E-state index in [9.17, 15) is 17.6 Å². The number of ketones is 1. The van der Waals surface area contributed by atoms with Crippen molar-refractivity contribution in [3.8, 4) is 0 Å².